The Morgan fingerprint density at radius 3 is 2.26 bits per heavy atom. The first kappa shape index (κ1) is 23.8. The van der Waals surface area contributed by atoms with Crippen LogP contribution in [0.1, 0.15) is 0 Å². The van der Waals surface area contributed by atoms with Crippen molar-refractivity contribution in [2.75, 3.05) is 36.4 Å². The van der Waals surface area contributed by atoms with Crippen LogP contribution in [0.3, 0.4) is 0 Å². The highest BCUT2D eigenvalue weighted by Crippen LogP contribution is 2.29. The maximum atomic E-state index is 14.3. The minimum Gasteiger partial charge on any atom is -0.367 e. The van der Waals surface area contributed by atoms with Gasteiger partial charge in [-0.25, -0.2) is 12.8 Å². The molecule has 35 heavy (non-hydrogen) atoms. The maximum Gasteiger partial charge on any atom is 0.243 e. The topological polar surface area (TPSA) is 65.5 Å². The van der Waals surface area contributed by atoms with Gasteiger partial charge in [0.25, 0.3) is 0 Å². The summed E-state index contributed by atoms with van der Waals surface area (Å²) in [6.07, 6.45) is 1.69. The van der Waals surface area contributed by atoms with E-state index in [1.807, 2.05) is 17.0 Å². The van der Waals surface area contributed by atoms with Gasteiger partial charge >= 0.3 is 0 Å². The van der Waals surface area contributed by atoms with Gasteiger partial charge in [0.1, 0.15) is 5.82 Å². The second-order valence-electron chi connectivity index (χ2n) is 8.16. The van der Waals surface area contributed by atoms with Crippen LogP contribution in [0.15, 0.2) is 77.8 Å². The summed E-state index contributed by atoms with van der Waals surface area (Å²) in [5, 5.41) is 5.15. The molecule has 0 aliphatic carbocycles. The minimum absolute atomic E-state index is 0.209. The molecule has 0 saturated carbocycles. The highest BCUT2D eigenvalue weighted by Gasteiger charge is 2.29. The molecule has 10 heteroatoms. The summed E-state index contributed by atoms with van der Waals surface area (Å²) >= 11 is 11.9. The lowest BCUT2D eigenvalue weighted by Gasteiger charge is -2.35. The molecule has 0 spiro atoms. The van der Waals surface area contributed by atoms with E-state index in [9.17, 15) is 12.8 Å². The molecule has 0 atom stereocenters. The minimum atomic E-state index is -3.67. The summed E-state index contributed by atoms with van der Waals surface area (Å²) in [5.74, 6) is -0.415. The number of piperazine rings is 1. The van der Waals surface area contributed by atoms with E-state index >= 15 is 0 Å². The van der Waals surface area contributed by atoms with Crippen LogP contribution in [0, 0.1) is 5.82 Å². The Labute approximate surface area is 213 Å². The first-order chi connectivity index (χ1) is 16.8. The van der Waals surface area contributed by atoms with Gasteiger partial charge in [0.2, 0.25) is 10.0 Å². The number of nitrogens with one attached hydrogen (secondary N) is 1. The fourth-order valence-electron chi connectivity index (χ4n) is 4.15. The van der Waals surface area contributed by atoms with Crippen molar-refractivity contribution >= 4 is 61.2 Å². The molecule has 5 rings (SSSR count). The Morgan fingerprint density at radius 1 is 0.857 bits per heavy atom. The van der Waals surface area contributed by atoms with Crippen LogP contribution in [-0.2, 0) is 10.0 Å². The molecule has 6 nitrogen and oxygen atoms in total. The quantitative estimate of drug-likeness (QED) is 0.346. The number of anilines is 3. The Bertz CT molecular complexity index is 1490. The van der Waals surface area contributed by atoms with Crippen molar-refractivity contribution in [1.29, 1.82) is 0 Å². The largest absolute Gasteiger partial charge is 0.367 e. The lowest BCUT2D eigenvalue weighted by Crippen LogP contribution is -2.48. The lowest BCUT2D eigenvalue weighted by atomic mass is 10.2. The molecule has 0 unspecified atom stereocenters. The van der Waals surface area contributed by atoms with E-state index in [0.29, 0.717) is 28.8 Å². The predicted octanol–water partition coefficient (Wildman–Crippen LogP) is 5.94. The molecule has 1 fully saturated rings. The first-order valence-corrected chi connectivity index (χ1v) is 13.1. The highest BCUT2D eigenvalue weighted by molar-refractivity contribution is 7.89. The highest BCUT2D eigenvalue weighted by atomic mass is 35.5. The number of halogens is 3. The fraction of sp³-hybridized carbons (Fsp3) is 0.160. The maximum absolute atomic E-state index is 14.3. The van der Waals surface area contributed by atoms with Gasteiger partial charge in [-0.3, -0.25) is 4.98 Å². The zero-order valence-corrected chi connectivity index (χ0v) is 20.8. The average molecular weight is 531 g/mol. The van der Waals surface area contributed by atoms with E-state index in [2.05, 4.69) is 10.3 Å². The normalized spacial score (nSPS) is 14.9. The Balaban J connectivity index is 1.29. The third-order valence-electron chi connectivity index (χ3n) is 5.96. The van der Waals surface area contributed by atoms with Crippen molar-refractivity contribution in [3.05, 3.63) is 88.8 Å². The molecule has 1 aliphatic rings. The zero-order valence-electron chi connectivity index (χ0n) is 18.5. The van der Waals surface area contributed by atoms with Gasteiger partial charge < -0.3 is 10.2 Å². The van der Waals surface area contributed by atoms with Gasteiger partial charge in [-0.1, -0.05) is 23.2 Å². The molecule has 1 aliphatic heterocycles. The van der Waals surface area contributed by atoms with Gasteiger partial charge in [0.15, 0.2) is 0 Å². The van der Waals surface area contributed by atoms with Crippen LogP contribution in [0.4, 0.5) is 21.5 Å². The summed E-state index contributed by atoms with van der Waals surface area (Å²) < 4.78 is 42.1. The monoisotopic (exact) mass is 530 g/mol. The summed E-state index contributed by atoms with van der Waals surface area (Å²) in [5.41, 5.74) is 2.77. The number of aromatic nitrogens is 1. The number of nitrogens with zero attached hydrogens (tertiary/aromatic N) is 3. The molecular weight excluding hydrogens is 510 g/mol. The van der Waals surface area contributed by atoms with Crippen LogP contribution in [0.25, 0.3) is 10.9 Å². The third kappa shape index (κ3) is 4.92. The molecule has 0 radical (unpaired) electrons. The summed E-state index contributed by atoms with van der Waals surface area (Å²) in [6.45, 7) is 1.29. The van der Waals surface area contributed by atoms with Gasteiger partial charge in [0, 0.05) is 59.2 Å². The molecule has 1 aromatic heterocycles. The number of sulfonamides is 1. The molecule has 3 aromatic carbocycles. The van der Waals surface area contributed by atoms with Crippen LogP contribution in [0.2, 0.25) is 10.0 Å². The number of fused-ring (bicyclic) bond motifs is 1. The Kier molecular flexibility index (Phi) is 6.55. The van der Waals surface area contributed by atoms with Crippen molar-refractivity contribution in [2.45, 2.75) is 4.90 Å². The van der Waals surface area contributed by atoms with Crippen LogP contribution in [-0.4, -0.2) is 43.9 Å². The molecule has 4 aromatic rings. The van der Waals surface area contributed by atoms with Crippen LogP contribution in [0.5, 0.6) is 0 Å². The van der Waals surface area contributed by atoms with E-state index in [1.54, 1.807) is 54.7 Å². The van der Waals surface area contributed by atoms with Gasteiger partial charge in [-0.05, 0) is 66.7 Å². The van der Waals surface area contributed by atoms with Crippen molar-refractivity contribution in [1.82, 2.24) is 9.29 Å². The van der Waals surface area contributed by atoms with Gasteiger partial charge in [-0.15, -0.1) is 0 Å². The molecule has 1 saturated heterocycles. The standard InChI is InChI=1S/C25H21Cl2FN4O2S/c26-17-2-8-25(22(28)15-17)31-11-13-32(14-12-31)35(33,34)20-5-3-19(4-6-20)30-23-9-10-29-24-16-18(27)1-7-21(23)24/h1-10,15-16H,11-14H2,(H,29,30). The molecule has 0 bridgehead atoms. The van der Waals surface area contributed by atoms with Crippen LogP contribution < -0.4 is 10.2 Å². The van der Waals surface area contributed by atoms with Crippen molar-refractivity contribution in [3.63, 3.8) is 0 Å². The van der Waals surface area contributed by atoms with Gasteiger partial charge in [-0.2, -0.15) is 4.31 Å². The van der Waals surface area contributed by atoms with Crippen molar-refractivity contribution in [3.8, 4) is 0 Å². The summed E-state index contributed by atoms with van der Waals surface area (Å²) in [7, 11) is -3.67. The fourth-order valence-corrected chi connectivity index (χ4v) is 5.90. The van der Waals surface area contributed by atoms with Crippen molar-refractivity contribution in [2.24, 2.45) is 0 Å². The molecular formula is C25H21Cl2FN4O2S. The third-order valence-corrected chi connectivity index (χ3v) is 8.35. The Morgan fingerprint density at radius 2 is 1.54 bits per heavy atom. The Hall–Kier alpha value is -2.91. The lowest BCUT2D eigenvalue weighted by molar-refractivity contribution is 0.383. The number of hydrogen-bond donors (Lipinski definition) is 1. The van der Waals surface area contributed by atoms with E-state index < -0.39 is 15.8 Å². The molecule has 180 valence electrons. The summed E-state index contributed by atoms with van der Waals surface area (Å²) in [6, 6.07) is 18.5. The SMILES string of the molecule is O=S(=O)(c1ccc(Nc2ccnc3cc(Cl)ccc23)cc1)N1CCN(c2ccc(Cl)cc2F)CC1. The van der Waals surface area contributed by atoms with E-state index in [-0.39, 0.29) is 18.0 Å². The number of hydrogen-bond acceptors (Lipinski definition) is 5. The van der Waals surface area contributed by atoms with Gasteiger partial charge in [0.05, 0.1) is 16.1 Å². The summed E-state index contributed by atoms with van der Waals surface area (Å²) in [4.78, 5) is 6.38. The smallest absolute Gasteiger partial charge is 0.243 e. The molecule has 1 N–H and O–H groups in total. The first-order valence-electron chi connectivity index (χ1n) is 10.9. The number of benzene rings is 3. The number of rotatable bonds is 5. The van der Waals surface area contributed by atoms with Crippen molar-refractivity contribution < 1.29 is 12.8 Å². The van der Waals surface area contributed by atoms with E-state index in [0.717, 1.165) is 22.3 Å². The predicted molar refractivity (Wildman–Crippen MR) is 139 cm³/mol. The second kappa shape index (κ2) is 9.62. The second-order valence-corrected chi connectivity index (χ2v) is 11.0. The van der Waals surface area contributed by atoms with E-state index in [4.69, 9.17) is 23.2 Å². The average Bonchev–Trinajstić information content (AvgIpc) is 2.84. The molecule has 2 heterocycles. The number of pyridine rings is 1. The molecule has 0 amide bonds. The zero-order chi connectivity index (χ0) is 24.6. The van der Waals surface area contributed by atoms with E-state index in [1.165, 1.54) is 10.4 Å². The van der Waals surface area contributed by atoms with Crippen LogP contribution >= 0.6 is 23.2 Å².